The highest BCUT2D eigenvalue weighted by molar-refractivity contribution is 7.99. The third kappa shape index (κ3) is 8.41. The average molecular weight is 539 g/mol. The van der Waals surface area contributed by atoms with Gasteiger partial charge in [-0.05, 0) is 48.9 Å². The number of pyridine rings is 1. The zero-order valence-corrected chi connectivity index (χ0v) is 23.4. The van der Waals surface area contributed by atoms with Gasteiger partial charge in [0.05, 0.1) is 39.1 Å². The standard InChI is InChI=1S/C29H34N2O6S/c1-7-36-27(32)15-19-8-11-24(34-5)25(14-19)37-23-12-9-20(16-21(23)18-38-29(2,3)4)28(33)31-22-10-13-26(35-6)30-17-22/h8-14,16-17H,7,15,18H2,1-6H3,(H,31,33). The van der Waals surface area contributed by atoms with E-state index < -0.39 is 0 Å². The molecular formula is C29H34N2O6S. The number of carbonyl (C=O) groups excluding carboxylic acids is 2. The van der Waals surface area contributed by atoms with Crippen LogP contribution < -0.4 is 19.5 Å². The van der Waals surface area contributed by atoms with E-state index in [1.807, 2.05) is 6.07 Å². The van der Waals surface area contributed by atoms with Gasteiger partial charge < -0.3 is 24.3 Å². The van der Waals surface area contributed by atoms with Crippen molar-refractivity contribution in [3.63, 3.8) is 0 Å². The number of nitrogens with one attached hydrogen (secondary N) is 1. The van der Waals surface area contributed by atoms with Crippen LogP contribution >= 0.6 is 11.8 Å². The van der Waals surface area contributed by atoms with E-state index in [0.29, 0.717) is 46.7 Å². The molecule has 1 amide bonds. The maximum atomic E-state index is 13.0. The van der Waals surface area contributed by atoms with Crippen LogP contribution in [0.15, 0.2) is 54.7 Å². The van der Waals surface area contributed by atoms with Gasteiger partial charge in [-0.25, -0.2) is 4.98 Å². The fourth-order valence-electron chi connectivity index (χ4n) is 3.41. The molecule has 0 aliphatic heterocycles. The van der Waals surface area contributed by atoms with Gasteiger partial charge in [-0.2, -0.15) is 11.8 Å². The molecule has 2 aromatic carbocycles. The van der Waals surface area contributed by atoms with E-state index >= 15 is 0 Å². The number of esters is 1. The third-order valence-electron chi connectivity index (χ3n) is 5.29. The molecule has 8 nitrogen and oxygen atoms in total. The van der Waals surface area contributed by atoms with E-state index in [0.717, 1.165) is 11.1 Å². The fourth-order valence-corrected chi connectivity index (χ4v) is 4.23. The van der Waals surface area contributed by atoms with Gasteiger partial charge in [-0.3, -0.25) is 9.59 Å². The van der Waals surface area contributed by atoms with Crippen molar-refractivity contribution < 1.29 is 28.5 Å². The fraction of sp³-hybridized carbons (Fsp3) is 0.345. The number of ether oxygens (including phenoxy) is 4. The molecule has 9 heteroatoms. The minimum atomic E-state index is -0.312. The predicted molar refractivity (Wildman–Crippen MR) is 150 cm³/mol. The molecule has 0 saturated carbocycles. The van der Waals surface area contributed by atoms with Crippen molar-refractivity contribution in [3.05, 3.63) is 71.4 Å². The van der Waals surface area contributed by atoms with E-state index in [9.17, 15) is 9.59 Å². The van der Waals surface area contributed by atoms with E-state index in [1.165, 1.54) is 7.11 Å². The first-order chi connectivity index (χ1) is 18.1. The van der Waals surface area contributed by atoms with Gasteiger partial charge in [-0.15, -0.1) is 0 Å². The van der Waals surface area contributed by atoms with Crippen LogP contribution in [-0.4, -0.2) is 42.4 Å². The molecule has 0 aliphatic rings. The van der Waals surface area contributed by atoms with Gasteiger partial charge in [0.1, 0.15) is 5.75 Å². The van der Waals surface area contributed by atoms with Crippen molar-refractivity contribution in [3.8, 4) is 23.1 Å². The Morgan fingerprint density at radius 1 is 0.947 bits per heavy atom. The number of nitrogens with zero attached hydrogens (tertiary/aromatic N) is 1. The van der Waals surface area contributed by atoms with Crippen LogP contribution in [-0.2, 0) is 21.7 Å². The SMILES string of the molecule is CCOC(=O)Cc1ccc(OC)c(Oc2ccc(C(=O)Nc3ccc(OC)nc3)cc2CSC(C)(C)C)c1. The normalized spacial score (nSPS) is 11.0. The molecule has 38 heavy (non-hydrogen) atoms. The highest BCUT2D eigenvalue weighted by Gasteiger charge is 2.18. The zero-order chi connectivity index (χ0) is 27.7. The Morgan fingerprint density at radius 2 is 1.71 bits per heavy atom. The topological polar surface area (TPSA) is 96.0 Å². The quantitative estimate of drug-likeness (QED) is 0.285. The summed E-state index contributed by atoms with van der Waals surface area (Å²) in [6.45, 7) is 8.49. The molecule has 0 fully saturated rings. The molecule has 202 valence electrons. The van der Waals surface area contributed by atoms with E-state index in [-0.39, 0.29) is 23.0 Å². The summed E-state index contributed by atoms with van der Waals surface area (Å²) in [6.07, 6.45) is 1.67. The van der Waals surface area contributed by atoms with Crippen LogP contribution in [0.2, 0.25) is 0 Å². The van der Waals surface area contributed by atoms with Crippen molar-refractivity contribution in [2.45, 2.75) is 44.6 Å². The minimum Gasteiger partial charge on any atom is -0.493 e. The molecule has 3 rings (SSSR count). The lowest BCUT2D eigenvalue weighted by Gasteiger charge is -2.20. The number of aromatic nitrogens is 1. The van der Waals surface area contributed by atoms with Crippen LogP contribution in [0.4, 0.5) is 5.69 Å². The summed E-state index contributed by atoms with van der Waals surface area (Å²) in [5.74, 6) is 2.10. The summed E-state index contributed by atoms with van der Waals surface area (Å²) >= 11 is 1.74. The van der Waals surface area contributed by atoms with E-state index in [1.54, 1.807) is 74.5 Å². The number of methoxy groups -OCH3 is 2. The molecule has 0 radical (unpaired) electrons. The summed E-state index contributed by atoms with van der Waals surface area (Å²) in [6, 6.07) is 14.1. The molecule has 0 bridgehead atoms. The van der Waals surface area contributed by atoms with Crippen LogP contribution in [0.25, 0.3) is 0 Å². The van der Waals surface area contributed by atoms with Gasteiger partial charge in [0.15, 0.2) is 11.5 Å². The van der Waals surface area contributed by atoms with Gasteiger partial charge in [0.2, 0.25) is 5.88 Å². The number of amides is 1. The summed E-state index contributed by atoms with van der Waals surface area (Å²) in [4.78, 5) is 29.1. The Labute approximate surface area is 228 Å². The van der Waals surface area contributed by atoms with Crippen LogP contribution in [0.1, 0.15) is 49.2 Å². The number of thioether (sulfide) groups is 1. The van der Waals surface area contributed by atoms with Gasteiger partial charge in [0, 0.05) is 27.7 Å². The maximum Gasteiger partial charge on any atom is 0.310 e. The molecule has 3 aromatic rings. The molecule has 1 N–H and O–H groups in total. The van der Waals surface area contributed by atoms with Crippen LogP contribution in [0, 0.1) is 0 Å². The molecule has 1 aromatic heterocycles. The summed E-state index contributed by atoms with van der Waals surface area (Å²) in [5.41, 5.74) is 2.64. The Hall–Kier alpha value is -3.72. The van der Waals surface area contributed by atoms with Crippen molar-refractivity contribution in [2.75, 3.05) is 26.1 Å². The largest absolute Gasteiger partial charge is 0.493 e. The van der Waals surface area contributed by atoms with Crippen molar-refractivity contribution in [1.82, 2.24) is 4.98 Å². The third-order valence-corrected chi connectivity index (χ3v) is 6.61. The second-order valence-corrected chi connectivity index (χ2v) is 11.1. The van der Waals surface area contributed by atoms with Crippen LogP contribution in [0.3, 0.4) is 0 Å². The first kappa shape index (κ1) is 28.8. The first-order valence-electron chi connectivity index (χ1n) is 12.2. The smallest absolute Gasteiger partial charge is 0.310 e. The molecule has 0 saturated heterocycles. The second kappa shape index (κ2) is 13.2. The lowest BCUT2D eigenvalue weighted by atomic mass is 10.1. The van der Waals surface area contributed by atoms with Gasteiger partial charge in [0.25, 0.3) is 5.91 Å². The minimum absolute atomic E-state index is 0.00153. The second-order valence-electron chi connectivity index (χ2n) is 9.34. The van der Waals surface area contributed by atoms with E-state index in [4.69, 9.17) is 18.9 Å². The van der Waals surface area contributed by atoms with E-state index in [2.05, 4.69) is 31.1 Å². The Kier molecular flexibility index (Phi) is 10.0. The molecular weight excluding hydrogens is 504 g/mol. The maximum absolute atomic E-state index is 13.0. The monoisotopic (exact) mass is 538 g/mol. The van der Waals surface area contributed by atoms with Crippen LogP contribution in [0.5, 0.6) is 23.1 Å². The lowest BCUT2D eigenvalue weighted by molar-refractivity contribution is -0.142. The molecule has 0 aliphatic carbocycles. The molecule has 0 spiro atoms. The first-order valence-corrected chi connectivity index (χ1v) is 13.2. The van der Waals surface area contributed by atoms with Crippen molar-refractivity contribution in [2.24, 2.45) is 0 Å². The number of carbonyl (C=O) groups is 2. The number of rotatable bonds is 11. The van der Waals surface area contributed by atoms with Gasteiger partial charge >= 0.3 is 5.97 Å². The lowest BCUT2D eigenvalue weighted by Crippen LogP contribution is -2.13. The summed E-state index contributed by atoms with van der Waals surface area (Å²) in [7, 11) is 3.10. The number of hydrogen-bond donors (Lipinski definition) is 1. The average Bonchev–Trinajstić information content (AvgIpc) is 2.88. The number of hydrogen-bond acceptors (Lipinski definition) is 8. The Balaban J connectivity index is 1.89. The highest BCUT2D eigenvalue weighted by Crippen LogP contribution is 2.37. The summed E-state index contributed by atoms with van der Waals surface area (Å²) < 4.78 is 22.0. The Morgan fingerprint density at radius 3 is 2.34 bits per heavy atom. The Bertz CT molecular complexity index is 1250. The van der Waals surface area contributed by atoms with Crippen molar-refractivity contribution in [1.29, 1.82) is 0 Å². The number of benzene rings is 2. The van der Waals surface area contributed by atoms with Gasteiger partial charge in [-0.1, -0.05) is 26.8 Å². The highest BCUT2D eigenvalue weighted by atomic mass is 32.2. The predicted octanol–water partition coefficient (Wildman–Crippen LogP) is 6.28. The summed E-state index contributed by atoms with van der Waals surface area (Å²) in [5, 5.41) is 2.86. The molecule has 0 unspecified atom stereocenters. The number of anilines is 1. The molecule has 1 heterocycles. The zero-order valence-electron chi connectivity index (χ0n) is 22.6. The molecule has 0 atom stereocenters. The van der Waals surface area contributed by atoms with Crippen molar-refractivity contribution >= 4 is 29.3 Å².